The number of fused-ring (bicyclic) bond motifs is 1. The van der Waals surface area contributed by atoms with Gasteiger partial charge in [-0.15, -0.1) is 6.58 Å². The summed E-state index contributed by atoms with van der Waals surface area (Å²) in [6.45, 7) is 3.96. The number of phenolic OH excluding ortho intramolecular Hbond substituents is 1. The Kier molecular flexibility index (Phi) is 4.76. The molecule has 2 heterocycles. The fourth-order valence-electron chi connectivity index (χ4n) is 2.42. The molecular weight excluding hydrogens is 404 g/mol. The first-order valence-electron chi connectivity index (χ1n) is 7.50. The van der Waals surface area contributed by atoms with Crippen LogP contribution in [0.1, 0.15) is 5.56 Å². The number of aromatic amines is 1. The smallest absolute Gasteiger partial charge is 0.329 e. The van der Waals surface area contributed by atoms with Gasteiger partial charge in [0.2, 0.25) is 5.95 Å². The number of imidazole rings is 1. The number of nitrogens with one attached hydrogen (secondary N) is 2. The summed E-state index contributed by atoms with van der Waals surface area (Å²) in [5.41, 5.74) is 2.58. The molecular formula is C16H15BrN6O3. The Bertz CT molecular complexity index is 1140. The highest BCUT2D eigenvalue weighted by molar-refractivity contribution is 9.10. The van der Waals surface area contributed by atoms with Gasteiger partial charge in [-0.25, -0.2) is 10.2 Å². The molecule has 3 aromatic rings. The molecule has 1 aromatic carbocycles. The van der Waals surface area contributed by atoms with E-state index in [4.69, 9.17) is 0 Å². The van der Waals surface area contributed by atoms with E-state index in [1.807, 2.05) is 0 Å². The maximum absolute atomic E-state index is 12.2. The molecule has 0 aliphatic heterocycles. The number of rotatable bonds is 5. The van der Waals surface area contributed by atoms with E-state index in [2.05, 4.69) is 43.0 Å². The predicted molar refractivity (Wildman–Crippen MR) is 103 cm³/mol. The van der Waals surface area contributed by atoms with Crippen molar-refractivity contribution < 1.29 is 5.11 Å². The van der Waals surface area contributed by atoms with Gasteiger partial charge in [0.05, 0.1) is 6.21 Å². The van der Waals surface area contributed by atoms with Crippen LogP contribution in [0.25, 0.3) is 11.2 Å². The molecule has 3 rings (SSSR count). The van der Waals surface area contributed by atoms with Crippen LogP contribution < -0.4 is 16.7 Å². The maximum Gasteiger partial charge on any atom is 0.329 e. The molecule has 0 aliphatic rings. The number of benzene rings is 1. The van der Waals surface area contributed by atoms with E-state index in [0.717, 1.165) is 4.47 Å². The summed E-state index contributed by atoms with van der Waals surface area (Å²) >= 11 is 3.32. The maximum atomic E-state index is 12.2. The number of anilines is 1. The molecule has 0 aliphatic carbocycles. The number of nitrogens with zero attached hydrogens (tertiary/aromatic N) is 4. The molecule has 2 aromatic heterocycles. The zero-order valence-corrected chi connectivity index (χ0v) is 15.3. The average Bonchev–Trinajstić information content (AvgIpc) is 2.95. The van der Waals surface area contributed by atoms with Crippen LogP contribution in [0, 0.1) is 0 Å². The van der Waals surface area contributed by atoms with Crippen molar-refractivity contribution in [2.45, 2.75) is 6.54 Å². The van der Waals surface area contributed by atoms with E-state index in [1.54, 1.807) is 22.8 Å². The van der Waals surface area contributed by atoms with Gasteiger partial charge in [-0.2, -0.15) is 10.1 Å². The summed E-state index contributed by atoms with van der Waals surface area (Å²) in [4.78, 5) is 30.5. The number of allylic oxidation sites excluding steroid dienone is 1. The van der Waals surface area contributed by atoms with Crippen LogP contribution in [0.2, 0.25) is 0 Å². The first-order valence-corrected chi connectivity index (χ1v) is 8.29. The molecule has 0 unspecified atom stereocenters. The summed E-state index contributed by atoms with van der Waals surface area (Å²) in [5.74, 6) is 0.328. The molecule has 0 bridgehead atoms. The van der Waals surface area contributed by atoms with Crippen molar-refractivity contribution in [2.24, 2.45) is 12.1 Å². The monoisotopic (exact) mass is 418 g/mol. The van der Waals surface area contributed by atoms with Gasteiger partial charge >= 0.3 is 5.69 Å². The van der Waals surface area contributed by atoms with Crippen molar-refractivity contribution >= 4 is 39.3 Å². The molecule has 3 N–H and O–H groups in total. The molecule has 9 nitrogen and oxygen atoms in total. The minimum absolute atomic E-state index is 0.0668. The molecule has 0 fully saturated rings. The number of hydrogen-bond donors (Lipinski definition) is 3. The van der Waals surface area contributed by atoms with E-state index >= 15 is 0 Å². The Hall–Kier alpha value is -3.14. The zero-order valence-electron chi connectivity index (χ0n) is 13.7. The van der Waals surface area contributed by atoms with Gasteiger partial charge in [0.1, 0.15) is 5.75 Å². The summed E-state index contributed by atoms with van der Waals surface area (Å²) in [6, 6.07) is 4.94. The second-order valence-corrected chi connectivity index (χ2v) is 6.31. The van der Waals surface area contributed by atoms with Gasteiger partial charge in [-0.3, -0.25) is 18.9 Å². The van der Waals surface area contributed by atoms with Crippen LogP contribution in [0.3, 0.4) is 0 Å². The minimum atomic E-state index is -0.556. The van der Waals surface area contributed by atoms with Crippen molar-refractivity contribution in [2.75, 3.05) is 5.43 Å². The normalized spacial score (nSPS) is 11.3. The van der Waals surface area contributed by atoms with E-state index in [-0.39, 0.29) is 29.4 Å². The first kappa shape index (κ1) is 17.7. The molecule has 0 atom stereocenters. The van der Waals surface area contributed by atoms with E-state index in [0.29, 0.717) is 5.56 Å². The van der Waals surface area contributed by atoms with Gasteiger partial charge in [-0.1, -0.05) is 22.0 Å². The molecule has 134 valence electrons. The van der Waals surface area contributed by atoms with Crippen molar-refractivity contribution in [3.63, 3.8) is 0 Å². The van der Waals surface area contributed by atoms with E-state index in [9.17, 15) is 14.7 Å². The van der Waals surface area contributed by atoms with Gasteiger partial charge < -0.3 is 5.11 Å². The van der Waals surface area contributed by atoms with Gasteiger partial charge in [-0.05, 0) is 18.2 Å². The van der Waals surface area contributed by atoms with E-state index in [1.165, 1.54) is 23.9 Å². The minimum Gasteiger partial charge on any atom is -0.507 e. The lowest BCUT2D eigenvalue weighted by Crippen LogP contribution is -2.29. The first-order chi connectivity index (χ1) is 12.4. The van der Waals surface area contributed by atoms with Crippen LogP contribution in [-0.4, -0.2) is 30.4 Å². The topological polar surface area (TPSA) is 117 Å². The lowest BCUT2D eigenvalue weighted by molar-refractivity contribution is 0.474. The summed E-state index contributed by atoms with van der Waals surface area (Å²) in [6.07, 6.45) is 3.02. The average molecular weight is 419 g/mol. The SMILES string of the molecule is C=CCn1c(N/N=C/c2cc(Br)ccc2O)nc2c1c(=O)[nH]c(=O)n2C. The number of H-pyrrole nitrogens is 1. The van der Waals surface area contributed by atoms with Crippen molar-refractivity contribution in [1.29, 1.82) is 0 Å². The third-order valence-corrected chi connectivity index (χ3v) is 4.17. The fraction of sp³-hybridized carbons (Fsp3) is 0.125. The quantitative estimate of drug-likeness (QED) is 0.329. The standard InChI is InChI=1S/C16H15BrN6O3/c1-3-6-23-12-13(22(2)16(26)20-14(12)25)19-15(23)21-18-8-9-7-10(17)4-5-11(9)24/h3-5,7-8,24H,1,6H2,2H3,(H,19,21)(H,20,25,26)/b18-8+. The van der Waals surface area contributed by atoms with Gasteiger partial charge in [0.25, 0.3) is 5.56 Å². The highest BCUT2D eigenvalue weighted by Gasteiger charge is 2.16. The predicted octanol–water partition coefficient (Wildman–Crippen LogP) is 1.52. The Morgan fingerprint density at radius 2 is 2.23 bits per heavy atom. The van der Waals surface area contributed by atoms with Gasteiger partial charge in [0, 0.05) is 23.6 Å². The number of aromatic nitrogens is 4. The third-order valence-electron chi connectivity index (χ3n) is 3.68. The Balaban J connectivity index is 2.04. The number of halogens is 1. The molecule has 10 heteroatoms. The third kappa shape index (κ3) is 3.18. The summed E-state index contributed by atoms with van der Waals surface area (Å²) in [7, 11) is 1.51. The van der Waals surface area contributed by atoms with Gasteiger partial charge in [0.15, 0.2) is 11.2 Å². The molecule has 0 spiro atoms. The largest absolute Gasteiger partial charge is 0.507 e. The lowest BCUT2D eigenvalue weighted by Gasteiger charge is -2.05. The lowest BCUT2D eigenvalue weighted by atomic mass is 10.2. The fourth-order valence-corrected chi connectivity index (χ4v) is 2.79. The van der Waals surface area contributed by atoms with Crippen LogP contribution in [0.4, 0.5) is 5.95 Å². The van der Waals surface area contributed by atoms with Crippen LogP contribution in [0.15, 0.2) is 50.0 Å². The molecule has 0 radical (unpaired) electrons. The Morgan fingerprint density at radius 1 is 1.46 bits per heavy atom. The number of aryl methyl sites for hydroxylation is 1. The molecule has 26 heavy (non-hydrogen) atoms. The Morgan fingerprint density at radius 3 is 2.96 bits per heavy atom. The number of phenols is 1. The molecule has 0 amide bonds. The van der Waals surface area contributed by atoms with Crippen LogP contribution in [0.5, 0.6) is 5.75 Å². The highest BCUT2D eigenvalue weighted by atomic mass is 79.9. The molecule has 0 saturated heterocycles. The van der Waals surface area contributed by atoms with E-state index < -0.39 is 11.2 Å². The van der Waals surface area contributed by atoms with Crippen molar-refractivity contribution in [3.05, 3.63) is 61.7 Å². The Labute approximate surface area is 155 Å². The second-order valence-electron chi connectivity index (χ2n) is 5.40. The number of hydrazone groups is 1. The van der Waals surface area contributed by atoms with Crippen molar-refractivity contribution in [3.8, 4) is 5.75 Å². The molecule has 0 saturated carbocycles. The van der Waals surface area contributed by atoms with Crippen LogP contribution in [-0.2, 0) is 13.6 Å². The zero-order chi connectivity index (χ0) is 18.8. The van der Waals surface area contributed by atoms with Crippen molar-refractivity contribution in [1.82, 2.24) is 19.1 Å². The summed E-state index contributed by atoms with van der Waals surface area (Å²) in [5, 5.41) is 13.9. The number of aromatic hydroxyl groups is 1. The second kappa shape index (κ2) is 7.00. The summed E-state index contributed by atoms with van der Waals surface area (Å²) < 4.78 is 3.58. The highest BCUT2D eigenvalue weighted by Crippen LogP contribution is 2.20. The number of hydrogen-bond acceptors (Lipinski definition) is 6. The van der Waals surface area contributed by atoms with Crippen LogP contribution >= 0.6 is 15.9 Å².